The molecule has 0 spiro atoms. The summed E-state index contributed by atoms with van der Waals surface area (Å²) in [6, 6.07) is 10.4. The van der Waals surface area contributed by atoms with E-state index in [0.29, 0.717) is 0 Å². The summed E-state index contributed by atoms with van der Waals surface area (Å²) >= 11 is 3.45. The molecule has 3 nitrogen and oxygen atoms in total. The van der Waals surface area contributed by atoms with Gasteiger partial charge in [0.1, 0.15) is 0 Å². The van der Waals surface area contributed by atoms with Gasteiger partial charge in [0.05, 0.1) is 17.4 Å². The van der Waals surface area contributed by atoms with Gasteiger partial charge in [-0.2, -0.15) is 5.10 Å². The van der Waals surface area contributed by atoms with Gasteiger partial charge < -0.3 is 5.73 Å². The normalized spacial score (nSPS) is 12.6. The summed E-state index contributed by atoms with van der Waals surface area (Å²) in [4.78, 5) is 0. The molecule has 1 atom stereocenters. The first-order valence-corrected chi connectivity index (χ1v) is 7.50. The summed E-state index contributed by atoms with van der Waals surface area (Å²) in [5.41, 5.74) is 9.83. The minimum Gasteiger partial charge on any atom is -0.322 e. The molecule has 2 aromatic rings. The van der Waals surface area contributed by atoms with Crippen LogP contribution >= 0.6 is 15.9 Å². The van der Waals surface area contributed by atoms with Crippen LogP contribution in [0.3, 0.4) is 0 Å². The summed E-state index contributed by atoms with van der Waals surface area (Å²) in [6.45, 7) is 5.08. The molecule has 4 heteroatoms. The lowest BCUT2D eigenvalue weighted by Crippen LogP contribution is -2.18. The Hall–Kier alpha value is -1.13. The van der Waals surface area contributed by atoms with Crippen molar-refractivity contribution < 1.29 is 0 Å². The number of rotatable bonds is 5. The van der Waals surface area contributed by atoms with Gasteiger partial charge in [0.25, 0.3) is 0 Å². The Kier molecular flexibility index (Phi) is 4.77. The van der Waals surface area contributed by atoms with Crippen LogP contribution in [0.4, 0.5) is 0 Å². The highest BCUT2D eigenvalue weighted by atomic mass is 79.9. The van der Waals surface area contributed by atoms with Gasteiger partial charge in [0, 0.05) is 11.0 Å². The van der Waals surface area contributed by atoms with Crippen LogP contribution in [0.2, 0.25) is 0 Å². The van der Waals surface area contributed by atoms with Crippen LogP contribution in [0.5, 0.6) is 0 Å². The number of benzene rings is 1. The summed E-state index contributed by atoms with van der Waals surface area (Å²) < 4.78 is 3.11. The van der Waals surface area contributed by atoms with Crippen LogP contribution < -0.4 is 5.73 Å². The van der Waals surface area contributed by atoms with Crippen molar-refractivity contribution in [2.75, 3.05) is 0 Å². The van der Waals surface area contributed by atoms with Crippen LogP contribution in [-0.4, -0.2) is 9.78 Å². The van der Waals surface area contributed by atoms with E-state index in [1.54, 1.807) is 0 Å². The van der Waals surface area contributed by atoms with Crippen LogP contribution in [-0.2, 0) is 19.4 Å². The average molecular weight is 322 g/mol. The lowest BCUT2D eigenvalue weighted by molar-refractivity contribution is 0.565. The quantitative estimate of drug-likeness (QED) is 0.916. The Labute approximate surface area is 122 Å². The fourth-order valence-electron chi connectivity index (χ4n) is 2.19. The molecule has 0 saturated heterocycles. The first-order chi connectivity index (χ1) is 9.13. The van der Waals surface area contributed by atoms with E-state index in [9.17, 15) is 0 Å². The van der Waals surface area contributed by atoms with Crippen LogP contribution in [0, 0.1) is 0 Å². The highest BCUT2D eigenvalue weighted by Gasteiger charge is 2.14. The van der Waals surface area contributed by atoms with Crippen molar-refractivity contribution in [3.8, 4) is 0 Å². The molecule has 0 bridgehead atoms. The Bertz CT molecular complexity index is 531. The molecular weight excluding hydrogens is 302 g/mol. The number of halogens is 1. The van der Waals surface area contributed by atoms with Gasteiger partial charge in [-0.05, 0) is 43.5 Å². The van der Waals surface area contributed by atoms with Crippen molar-refractivity contribution in [2.45, 2.75) is 39.3 Å². The minimum atomic E-state index is -0.00562. The van der Waals surface area contributed by atoms with Gasteiger partial charge in [-0.1, -0.05) is 35.0 Å². The zero-order valence-electron chi connectivity index (χ0n) is 11.4. The lowest BCUT2D eigenvalue weighted by Gasteiger charge is -2.13. The second-order valence-electron chi connectivity index (χ2n) is 4.67. The van der Waals surface area contributed by atoms with E-state index in [2.05, 4.69) is 65.2 Å². The molecule has 0 saturated carbocycles. The first-order valence-electron chi connectivity index (χ1n) is 6.70. The molecule has 0 aliphatic heterocycles. The van der Waals surface area contributed by atoms with E-state index in [0.717, 1.165) is 35.2 Å². The van der Waals surface area contributed by atoms with Gasteiger partial charge in [-0.3, -0.25) is 4.68 Å². The second kappa shape index (κ2) is 6.35. The largest absolute Gasteiger partial charge is 0.322 e. The van der Waals surface area contributed by atoms with E-state index in [-0.39, 0.29) is 6.04 Å². The van der Waals surface area contributed by atoms with Crippen molar-refractivity contribution in [3.63, 3.8) is 0 Å². The SMILES string of the molecule is CCc1cc(C(N)Cc2ccc(Br)cc2)n(CC)n1. The maximum atomic E-state index is 6.34. The molecule has 0 aliphatic rings. The summed E-state index contributed by atoms with van der Waals surface area (Å²) in [5, 5.41) is 4.55. The number of hydrogen-bond donors (Lipinski definition) is 1. The number of nitrogens with two attached hydrogens (primary N) is 1. The van der Waals surface area contributed by atoms with E-state index in [1.807, 2.05) is 4.68 Å². The Balaban J connectivity index is 2.16. The average Bonchev–Trinajstić information content (AvgIpc) is 2.85. The predicted octanol–water partition coefficient (Wildman–Crippen LogP) is 3.47. The van der Waals surface area contributed by atoms with Gasteiger partial charge in [0.2, 0.25) is 0 Å². The lowest BCUT2D eigenvalue weighted by atomic mass is 10.0. The third-order valence-corrected chi connectivity index (χ3v) is 3.80. The molecule has 1 unspecified atom stereocenters. The zero-order chi connectivity index (χ0) is 13.8. The summed E-state index contributed by atoms with van der Waals surface area (Å²) in [7, 11) is 0. The molecule has 19 heavy (non-hydrogen) atoms. The van der Waals surface area contributed by atoms with Crippen LogP contribution in [0.15, 0.2) is 34.8 Å². The smallest absolute Gasteiger partial charge is 0.0625 e. The summed E-state index contributed by atoms with van der Waals surface area (Å²) in [6.07, 6.45) is 1.78. The molecular formula is C15H20BrN3. The third kappa shape index (κ3) is 3.45. The standard InChI is InChI=1S/C15H20BrN3/c1-3-13-10-15(19(4-2)18-13)14(17)9-11-5-7-12(16)8-6-11/h5-8,10,14H,3-4,9,17H2,1-2H3. The molecule has 0 fully saturated rings. The van der Waals surface area contributed by atoms with E-state index < -0.39 is 0 Å². The number of hydrogen-bond acceptors (Lipinski definition) is 2. The maximum Gasteiger partial charge on any atom is 0.0625 e. The highest BCUT2D eigenvalue weighted by Crippen LogP contribution is 2.19. The zero-order valence-corrected chi connectivity index (χ0v) is 13.0. The van der Waals surface area contributed by atoms with Gasteiger partial charge in [-0.15, -0.1) is 0 Å². The minimum absolute atomic E-state index is 0.00562. The molecule has 0 amide bonds. The fourth-order valence-corrected chi connectivity index (χ4v) is 2.45. The van der Waals surface area contributed by atoms with E-state index in [1.165, 1.54) is 5.56 Å². The van der Waals surface area contributed by atoms with Crippen molar-refractivity contribution in [3.05, 3.63) is 51.8 Å². The molecule has 2 N–H and O–H groups in total. The van der Waals surface area contributed by atoms with Crippen molar-refractivity contribution in [1.82, 2.24) is 9.78 Å². The monoisotopic (exact) mass is 321 g/mol. The Morgan fingerprint density at radius 3 is 2.53 bits per heavy atom. The topological polar surface area (TPSA) is 43.8 Å². The van der Waals surface area contributed by atoms with Gasteiger partial charge >= 0.3 is 0 Å². The fraction of sp³-hybridized carbons (Fsp3) is 0.400. The molecule has 1 aromatic heterocycles. The molecule has 0 aliphatic carbocycles. The van der Waals surface area contributed by atoms with Crippen molar-refractivity contribution in [1.29, 1.82) is 0 Å². The Morgan fingerprint density at radius 2 is 1.95 bits per heavy atom. The van der Waals surface area contributed by atoms with Crippen molar-refractivity contribution in [2.24, 2.45) is 5.73 Å². The maximum absolute atomic E-state index is 6.34. The van der Waals surface area contributed by atoms with Crippen LogP contribution in [0.1, 0.15) is 36.8 Å². The number of aryl methyl sites for hydroxylation is 2. The number of aromatic nitrogens is 2. The molecule has 102 valence electrons. The summed E-state index contributed by atoms with van der Waals surface area (Å²) in [5.74, 6) is 0. The predicted molar refractivity (Wildman–Crippen MR) is 82.1 cm³/mol. The first kappa shape index (κ1) is 14.3. The Morgan fingerprint density at radius 1 is 1.26 bits per heavy atom. The molecule has 1 heterocycles. The van der Waals surface area contributed by atoms with Crippen molar-refractivity contribution >= 4 is 15.9 Å². The van der Waals surface area contributed by atoms with E-state index >= 15 is 0 Å². The molecule has 1 aromatic carbocycles. The third-order valence-electron chi connectivity index (χ3n) is 3.27. The van der Waals surface area contributed by atoms with Gasteiger partial charge in [0.15, 0.2) is 0 Å². The van der Waals surface area contributed by atoms with Gasteiger partial charge in [-0.25, -0.2) is 0 Å². The van der Waals surface area contributed by atoms with E-state index in [4.69, 9.17) is 5.73 Å². The van der Waals surface area contributed by atoms with Crippen LogP contribution in [0.25, 0.3) is 0 Å². The molecule has 0 radical (unpaired) electrons. The highest BCUT2D eigenvalue weighted by molar-refractivity contribution is 9.10. The number of nitrogens with zero attached hydrogens (tertiary/aromatic N) is 2. The molecule has 2 rings (SSSR count). The second-order valence-corrected chi connectivity index (χ2v) is 5.58.